The van der Waals surface area contributed by atoms with E-state index in [4.69, 9.17) is 0 Å². The standard InChI is InChI=1S/C14H18N4O2/c1-3-8-17-9-6-12(19)18(14(17)20)10-11-5-4-7-16-13(11)15-2/h4-7,9H,3,8,10H2,1-2H3,(H,15,16). The van der Waals surface area contributed by atoms with Gasteiger partial charge in [0.1, 0.15) is 5.82 Å². The van der Waals surface area contributed by atoms with Gasteiger partial charge < -0.3 is 9.88 Å². The molecule has 0 aliphatic rings. The van der Waals surface area contributed by atoms with E-state index in [1.165, 1.54) is 10.6 Å². The molecule has 2 aromatic rings. The second kappa shape index (κ2) is 6.18. The zero-order valence-electron chi connectivity index (χ0n) is 11.7. The van der Waals surface area contributed by atoms with Crippen molar-refractivity contribution in [2.75, 3.05) is 12.4 Å². The van der Waals surface area contributed by atoms with E-state index in [0.717, 1.165) is 12.0 Å². The molecule has 0 amide bonds. The number of nitrogens with one attached hydrogen (secondary N) is 1. The van der Waals surface area contributed by atoms with E-state index in [1.807, 2.05) is 13.0 Å². The fourth-order valence-electron chi connectivity index (χ4n) is 2.08. The van der Waals surface area contributed by atoms with Gasteiger partial charge in [0.15, 0.2) is 0 Å². The molecular weight excluding hydrogens is 256 g/mol. The average Bonchev–Trinajstić information content (AvgIpc) is 2.47. The molecule has 0 radical (unpaired) electrons. The van der Waals surface area contributed by atoms with Gasteiger partial charge in [-0.25, -0.2) is 9.78 Å². The SMILES string of the molecule is CCCn1ccc(=O)n(Cc2cccnc2NC)c1=O. The number of hydrogen-bond acceptors (Lipinski definition) is 4. The summed E-state index contributed by atoms with van der Waals surface area (Å²) in [6.45, 7) is 2.80. The van der Waals surface area contributed by atoms with Crippen LogP contribution in [-0.2, 0) is 13.1 Å². The van der Waals surface area contributed by atoms with E-state index in [1.54, 1.807) is 30.1 Å². The molecule has 0 aliphatic heterocycles. The lowest BCUT2D eigenvalue weighted by Gasteiger charge is -2.11. The van der Waals surface area contributed by atoms with Gasteiger partial charge in [-0.3, -0.25) is 9.36 Å². The molecule has 2 rings (SSSR count). The van der Waals surface area contributed by atoms with Crippen LogP contribution in [0, 0.1) is 0 Å². The Hall–Kier alpha value is -2.37. The van der Waals surface area contributed by atoms with Gasteiger partial charge >= 0.3 is 5.69 Å². The molecule has 6 heteroatoms. The summed E-state index contributed by atoms with van der Waals surface area (Å²) < 4.78 is 2.78. The van der Waals surface area contributed by atoms with Crippen molar-refractivity contribution in [1.82, 2.24) is 14.1 Å². The lowest BCUT2D eigenvalue weighted by Crippen LogP contribution is -2.39. The van der Waals surface area contributed by atoms with Gasteiger partial charge in [-0.15, -0.1) is 0 Å². The minimum Gasteiger partial charge on any atom is -0.373 e. The van der Waals surface area contributed by atoms with Crippen molar-refractivity contribution in [3.8, 4) is 0 Å². The van der Waals surface area contributed by atoms with Crippen LogP contribution in [0.5, 0.6) is 0 Å². The van der Waals surface area contributed by atoms with Gasteiger partial charge in [0, 0.05) is 37.6 Å². The van der Waals surface area contributed by atoms with Crippen molar-refractivity contribution in [3.05, 3.63) is 57.0 Å². The fourth-order valence-corrected chi connectivity index (χ4v) is 2.08. The molecule has 0 saturated carbocycles. The zero-order chi connectivity index (χ0) is 14.5. The summed E-state index contributed by atoms with van der Waals surface area (Å²) in [5.41, 5.74) is 0.224. The van der Waals surface area contributed by atoms with Crippen molar-refractivity contribution in [3.63, 3.8) is 0 Å². The number of hydrogen-bond donors (Lipinski definition) is 1. The molecule has 0 spiro atoms. The number of aryl methyl sites for hydroxylation is 1. The molecule has 0 fully saturated rings. The predicted octanol–water partition coefficient (Wildman–Crippen LogP) is 0.905. The van der Waals surface area contributed by atoms with E-state index in [0.29, 0.717) is 12.4 Å². The third-order valence-corrected chi connectivity index (χ3v) is 3.06. The predicted molar refractivity (Wildman–Crippen MR) is 78.1 cm³/mol. The highest BCUT2D eigenvalue weighted by Gasteiger charge is 2.08. The Bertz CT molecular complexity index is 703. The van der Waals surface area contributed by atoms with Crippen LogP contribution >= 0.6 is 0 Å². The van der Waals surface area contributed by atoms with E-state index in [9.17, 15) is 9.59 Å². The Balaban J connectivity index is 2.46. The molecule has 106 valence electrons. The Labute approximate surface area is 116 Å². The van der Waals surface area contributed by atoms with Crippen LogP contribution < -0.4 is 16.6 Å². The maximum atomic E-state index is 12.3. The van der Waals surface area contributed by atoms with Crippen molar-refractivity contribution in [2.45, 2.75) is 26.4 Å². The molecule has 0 atom stereocenters. The molecule has 0 unspecified atom stereocenters. The maximum absolute atomic E-state index is 12.3. The zero-order valence-corrected chi connectivity index (χ0v) is 11.7. The van der Waals surface area contributed by atoms with Gasteiger partial charge in [-0.05, 0) is 12.5 Å². The topological polar surface area (TPSA) is 68.9 Å². The molecule has 0 saturated heterocycles. The number of rotatable bonds is 5. The molecule has 6 nitrogen and oxygen atoms in total. The van der Waals surface area contributed by atoms with Gasteiger partial charge in [0.2, 0.25) is 0 Å². The van der Waals surface area contributed by atoms with Gasteiger partial charge in [-0.1, -0.05) is 13.0 Å². The van der Waals surface area contributed by atoms with E-state index in [2.05, 4.69) is 10.3 Å². The monoisotopic (exact) mass is 274 g/mol. The van der Waals surface area contributed by atoms with Gasteiger partial charge in [0.05, 0.1) is 6.54 Å². The minimum absolute atomic E-state index is 0.215. The molecule has 0 aromatic carbocycles. The van der Waals surface area contributed by atoms with E-state index in [-0.39, 0.29) is 17.8 Å². The fraction of sp³-hybridized carbons (Fsp3) is 0.357. The lowest BCUT2D eigenvalue weighted by molar-refractivity contribution is 0.570. The van der Waals surface area contributed by atoms with Crippen LogP contribution in [0.15, 0.2) is 40.2 Å². The van der Waals surface area contributed by atoms with E-state index < -0.39 is 0 Å². The van der Waals surface area contributed by atoms with Gasteiger partial charge in [0.25, 0.3) is 5.56 Å². The van der Waals surface area contributed by atoms with Crippen LogP contribution in [-0.4, -0.2) is 21.2 Å². The molecule has 0 bridgehead atoms. The van der Waals surface area contributed by atoms with Crippen LogP contribution in [0.2, 0.25) is 0 Å². The highest BCUT2D eigenvalue weighted by atomic mass is 16.2. The lowest BCUT2D eigenvalue weighted by atomic mass is 10.2. The van der Waals surface area contributed by atoms with E-state index >= 15 is 0 Å². The van der Waals surface area contributed by atoms with Crippen molar-refractivity contribution < 1.29 is 0 Å². The summed E-state index contributed by atoms with van der Waals surface area (Å²) in [6, 6.07) is 5.06. The summed E-state index contributed by atoms with van der Waals surface area (Å²) >= 11 is 0. The van der Waals surface area contributed by atoms with Crippen molar-refractivity contribution in [1.29, 1.82) is 0 Å². The number of nitrogens with zero attached hydrogens (tertiary/aromatic N) is 3. The Morgan fingerprint density at radius 3 is 2.80 bits per heavy atom. The highest BCUT2D eigenvalue weighted by Crippen LogP contribution is 2.10. The normalized spacial score (nSPS) is 10.5. The van der Waals surface area contributed by atoms with Crippen LogP contribution in [0.4, 0.5) is 5.82 Å². The average molecular weight is 274 g/mol. The highest BCUT2D eigenvalue weighted by molar-refractivity contribution is 5.42. The largest absolute Gasteiger partial charge is 0.373 e. The third-order valence-electron chi connectivity index (χ3n) is 3.06. The molecule has 2 aromatic heterocycles. The molecule has 0 aliphatic carbocycles. The Morgan fingerprint density at radius 1 is 1.30 bits per heavy atom. The quantitative estimate of drug-likeness (QED) is 0.879. The minimum atomic E-state index is -0.298. The maximum Gasteiger partial charge on any atom is 0.331 e. The van der Waals surface area contributed by atoms with Crippen LogP contribution in [0.3, 0.4) is 0 Å². The van der Waals surface area contributed by atoms with Crippen LogP contribution in [0.1, 0.15) is 18.9 Å². The van der Waals surface area contributed by atoms with Crippen LogP contribution in [0.25, 0.3) is 0 Å². The van der Waals surface area contributed by atoms with Crippen molar-refractivity contribution in [2.24, 2.45) is 0 Å². The summed E-state index contributed by atoms with van der Waals surface area (Å²) in [6.07, 6.45) is 4.05. The smallest absolute Gasteiger partial charge is 0.331 e. The summed E-state index contributed by atoms with van der Waals surface area (Å²) in [4.78, 5) is 28.4. The number of aromatic nitrogens is 3. The summed E-state index contributed by atoms with van der Waals surface area (Å²) in [5.74, 6) is 0.671. The first-order chi connectivity index (χ1) is 9.67. The second-order valence-corrected chi connectivity index (χ2v) is 4.48. The third kappa shape index (κ3) is 2.79. The summed E-state index contributed by atoms with van der Waals surface area (Å²) in [7, 11) is 1.76. The molecular formula is C14H18N4O2. The Morgan fingerprint density at radius 2 is 2.10 bits per heavy atom. The number of pyridine rings is 1. The summed E-state index contributed by atoms with van der Waals surface area (Å²) in [5, 5.41) is 2.96. The van der Waals surface area contributed by atoms with Gasteiger partial charge in [-0.2, -0.15) is 0 Å². The van der Waals surface area contributed by atoms with Crippen molar-refractivity contribution >= 4 is 5.82 Å². The Kier molecular flexibility index (Phi) is 4.34. The second-order valence-electron chi connectivity index (χ2n) is 4.48. The first-order valence-corrected chi connectivity index (χ1v) is 6.59. The first-order valence-electron chi connectivity index (χ1n) is 6.59. The number of anilines is 1. The first kappa shape index (κ1) is 14.0. The molecule has 20 heavy (non-hydrogen) atoms. The molecule has 2 heterocycles. The molecule has 1 N–H and O–H groups in total.